The maximum Gasteiger partial charge on any atom is 0.276 e. The van der Waals surface area contributed by atoms with E-state index in [2.05, 4.69) is 16.5 Å². The zero-order chi connectivity index (χ0) is 13.7. The molecule has 1 rings (SSSR count). The van der Waals surface area contributed by atoms with E-state index in [1.807, 2.05) is 0 Å². The van der Waals surface area contributed by atoms with Crippen molar-refractivity contribution >= 4 is 17.3 Å². The number of nitro groups is 1. The van der Waals surface area contributed by atoms with E-state index in [9.17, 15) is 10.1 Å². The molecule has 0 aliphatic rings. The van der Waals surface area contributed by atoms with Crippen molar-refractivity contribution < 1.29 is 4.92 Å². The Morgan fingerprint density at radius 2 is 2.39 bits per heavy atom. The van der Waals surface area contributed by atoms with E-state index >= 15 is 0 Å². The molecule has 8 nitrogen and oxygen atoms in total. The first-order valence-electron chi connectivity index (χ1n) is 5.21. The fraction of sp³-hybridized carbons (Fsp3) is 0.400. The Morgan fingerprint density at radius 3 is 2.89 bits per heavy atom. The van der Waals surface area contributed by atoms with Crippen LogP contribution in [0.1, 0.15) is 6.92 Å². The highest BCUT2D eigenvalue weighted by Crippen LogP contribution is 2.22. The van der Waals surface area contributed by atoms with Crippen molar-refractivity contribution in [3.05, 3.63) is 22.2 Å². The molecule has 8 heteroatoms. The quantitative estimate of drug-likeness (QED) is 0.451. The van der Waals surface area contributed by atoms with Gasteiger partial charge in [-0.05, 0) is 6.92 Å². The van der Waals surface area contributed by atoms with Gasteiger partial charge >= 0.3 is 0 Å². The van der Waals surface area contributed by atoms with Gasteiger partial charge in [0.15, 0.2) is 0 Å². The monoisotopic (exact) mass is 250 g/mol. The summed E-state index contributed by atoms with van der Waals surface area (Å²) in [4.78, 5) is 16.0. The Labute approximate surface area is 104 Å². The van der Waals surface area contributed by atoms with Gasteiger partial charge in [0.2, 0.25) is 0 Å². The lowest BCUT2D eigenvalue weighted by Crippen LogP contribution is -2.24. The number of hydrogen-bond donors (Lipinski definition) is 2. The molecule has 96 valence electrons. The van der Waals surface area contributed by atoms with E-state index in [-0.39, 0.29) is 17.4 Å². The van der Waals surface area contributed by atoms with Crippen molar-refractivity contribution in [3.8, 4) is 6.07 Å². The molecule has 0 saturated carbocycles. The van der Waals surface area contributed by atoms with Crippen molar-refractivity contribution in [2.45, 2.75) is 6.92 Å². The number of hydrogen-bond acceptors (Lipinski definition) is 7. The molecule has 0 bridgehead atoms. The van der Waals surface area contributed by atoms with Gasteiger partial charge in [0.05, 0.1) is 29.0 Å². The Kier molecular flexibility index (Phi) is 4.39. The first-order valence-corrected chi connectivity index (χ1v) is 5.21. The van der Waals surface area contributed by atoms with Crippen LogP contribution in [-0.2, 0) is 0 Å². The fourth-order valence-corrected chi connectivity index (χ4v) is 1.42. The van der Waals surface area contributed by atoms with Gasteiger partial charge in [0, 0.05) is 13.6 Å². The van der Waals surface area contributed by atoms with Gasteiger partial charge in [-0.25, -0.2) is 10.8 Å². The van der Waals surface area contributed by atoms with Gasteiger partial charge in [0.1, 0.15) is 11.6 Å². The molecule has 0 radical (unpaired) electrons. The standard InChI is InChI=1S/C10H14N6O2/c1-7(5-11)6-15(2)10-4-8(16(17)18)3-9(13-10)14-12/h3-4,7H,6,12H2,1-2H3,(H,13,14). The van der Waals surface area contributed by atoms with Crippen molar-refractivity contribution in [3.63, 3.8) is 0 Å². The lowest BCUT2D eigenvalue weighted by atomic mass is 10.2. The number of aromatic nitrogens is 1. The van der Waals surface area contributed by atoms with Crippen LogP contribution in [0.5, 0.6) is 0 Å². The topological polar surface area (TPSA) is 121 Å². The zero-order valence-corrected chi connectivity index (χ0v) is 10.1. The van der Waals surface area contributed by atoms with Crippen LogP contribution in [0.4, 0.5) is 17.3 Å². The van der Waals surface area contributed by atoms with Gasteiger partial charge in [0.25, 0.3) is 5.69 Å². The van der Waals surface area contributed by atoms with Crippen LogP contribution in [0.15, 0.2) is 12.1 Å². The minimum atomic E-state index is -0.520. The van der Waals surface area contributed by atoms with Crippen LogP contribution in [-0.4, -0.2) is 23.5 Å². The Hall–Kier alpha value is -2.40. The average molecular weight is 250 g/mol. The number of nitrogens with zero attached hydrogens (tertiary/aromatic N) is 4. The first kappa shape index (κ1) is 13.7. The lowest BCUT2D eigenvalue weighted by Gasteiger charge is -2.19. The molecule has 0 amide bonds. The molecule has 18 heavy (non-hydrogen) atoms. The van der Waals surface area contributed by atoms with Gasteiger partial charge in [-0.2, -0.15) is 5.26 Å². The number of nitrogens with two attached hydrogens (primary N) is 1. The number of anilines is 2. The number of rotatable bonds is 5. The van der Waals surface area contributed by atoms with Crippen LogP contribution in [0.3, 0.4) is 0 Å². The molecular formula is C10H14N6O2. The minimum absolute atomic E-state index is 0.107. The summed E-state index contributed by atoms with van der Waals surface area (Å²) in [5.41, 5.74) is 2.17. The van der Waals surface area contributed by atoms with E-state index in [0.29, 0.717) is 12.4 Å². The Morgan fingerprint density at radius 1 is 1.72 bits per heavy atom. The highest BCUT2D eigenvalue weighted by molar-refractivity contribution is 5.55. The molecule has 0 aliphatic heterocycles. The highest BCUT2D eigenvalue weighted by Gasteiger charge is 2.14. The molecule has 1 unspecified atom stereocenters. The second-order valence-corrected chi connectivity index (χ2v) is 3.88. The fourth-order valence-electron chi connectivity index (χ4n) is 1.42. The SMILES string of the molecule is CC(C#N)CN(C)c1cc([N+](=O)[O-])cc(NN)n1. The van der Waals surface area contributed by atoms with E-state index in [1.54, 1.807) is 18.9 Å². The molecule has 0 aliphatic carbocycles. The summed E-state index contributed by atoms with van der Waals surface area (Å²) in [5.74, 6) is 5.60. The molecular weight excluding hydrogens is 236 g/mol. The van der Waals surface area contributed by atoms with Crippen molar-refractivity contribution in [1.82, 2.24) is 4.98 Å². The molecule has 3 N–H and O–H groups in total. The Balaban J connectivity index is 3.04. The first-order chi connectivity index (χ1) is 8.47. The average Bonchev–Trinajstić information content (AvgIpc) is 2.37. The molecule has 0 fully saturated rings. The summed E-state index contributed by atoms with van der Waals surface area (Å²) in [7, 11) is 1.71. The molecule has 1 aromatic heterocycles. The second-order valence-electron chi connectivity index (χ2n) is 3.88. The van der Waals surface area contributed by atoms with Crippen LogP contribution < -0.4 is 16.2 Å². The van der Waals surface area contributed by atoms with Crippen LogP contribution in [0.2, 0.25) is 0 Å². The molecule has 1 atom stereocenters. The summed E-state index contributed by atoms with van der Waals surface area (Å²) in [6.07, 6.45) is 0. The summed E-state index contributed by atoms with van der Waals surface area (Å²) >= 11 is 0. The summed E-state index contributed by atoms with van der Waals surface area (Å²) in [5, 5.41) is 19.5. The number of nitrogens with one attached hydrogen (secondary N) is 1. The minimum Gasteiger partial charge on any atom is -0.358 e. The smallest absolute Gasteiger partial charge is 0.276 e. The van der Waals surface area contributed by atoms with Crippen LogP contribution >= 0.6 is 0 Å². The molecule has 1 heterocycles. The molecule has 0 saturated heterocycles. The summed E-state index contributed by atoms with van der Waals surface area (Å²) in [6, 6.07) is 4.67. The number of nitriles is 1. The van der Waals surface area contributed by atoms with Gasteiger partial charge in [-0.15, -0.1) is 0 Å². The normalized spacial score (nSPS) is 11.4. The second kappa shape index (κ2) is 5.79. The number of pyridine rings is 1. The number of nitrogen functional groups attached to an aromatic ring is 1. The van der Waals surface area contributed by atoms with Crippen molar-refractivity contribution in [2.75, 3.05) is 23.9 Å². The molecule has 1 aromatic rings. The summed E-state index contributed by atoms with van der Waals surface area (Å²) < 4.78 is 0. The molecule has 0 aromatic carbocycles. The van der Waals surface area contributed by atoms with Crippen molar-refractivity contribution in [1.29, 1.82) is 5.26 Å². The largest absolute Gasteiger partial charge is 0.358 e. The number of hydrazine groups is 1. The highest BCUT2D eigenvalue weighted by atomic mass is 16.6. The zero-order valence-electron chi connectivity index (χ0n) is 10.1. The third-order valence-electron chi connectivity index (χ3n) is 2.31. The van der Waals surface area contributed by atoms with Gasteiger partial charge < -0.3 is 10.3 Å². The van der Waals surface area contributed by atoms with E-state index in [0.717, 1.165) is 0 Å². The summed E-state index contributed by atoms with van der Waals surface area (Å²) in [6.45, 7) is 2.19. The third-order valence-corrected chi connectivity index (χ3v) is 2.31. The van der Waals surface area contributed by atoms with Gasteiger partial charge in [-0.3, -0.25) is 10.1 Å². The van der Waals surface area contributed by atoms with Crippen LogP contribution in [0.25, 0.3) is 0 Å². The van der Waals surface area contributed by atoms with E-state index in [4.69, 9.17) is 11.1 Å². The van der Waals surface area contributed by atoms with Crippen molar-refractivity contribution in [2.24, 2.45) is 11.8 Å². The van der Waals surface area contributed by atoms with E-state index < -0.39 is 4.92 Å². The maximum atomic E-state index is 10.8. The lowest BCUT2D eigenvalue weighted by molar-refractivity contribution is -0.384. The van der Waals surface area contributed by atoms with Gasteiger partial charge in [-0.1, -0.05) is 0 Å². The van der Waals surface area contributed by atoms with Crippen LogP contribution in [0, 0.1) is 27.4 Å². The predicted molar refractivity (Wildman–Crippen MR) is 66.7 cm³/mol. The predicted octanol–water partition coefficient (Wildman–Crippen LogP) is 0.871. The maximum absolute atomic E-state index is 10.8. The molecule has 0 spiro atoms. The van der Waals surface area contributed by atoms with E-state index in [1.165, 1.54) is 12.1 Å². The third kappa shape index (κ3) is 3.29. The Bertz CT molecular complexity index is 484.